The Morgan fingerprint density at radius 2 is 2.33 bits per heavy atom. The van der Waals surface area contributed by atoms with Crippen LogP contribution >= 0.6 is 0 Å². The zero-order valence-electron chi connectivity index (χ0n) is 7.71. The van der Waals surface area contributed by atoms with Crippen molar-refractivity contribution in [3.8, 4) is 0 Å². The Balaban J connectivity index is 2.44. The first-order chi connectivity index (χ1) is 5.65. The maximum Gasteiger partial charge on any atom is 0.188 e. The van der Waals surface area contributed by atoms with Gasteiger partial charge in [-0.15, -0.1) is 0 Å². The lowest BCUT2D eigenvalue weighted by molar-refractivity contribution is 0.142. The molecule has 2 atom stereocenters. The number of nitrogens with one attached hydrogen (secondary N) is 1. The highest BCUT2D eigenvalue weighted by atomic mass is 16.5. The highest BCUT2D eigenvalue weighted by molar-refractivity contribution is 5.74. The number of methoxy groups -OCH3 is 1. The second kappa shape index (κ2) is 3.76. The minimum atomic E-state index is 0.181. The van der Waals surface area contributed by atoms with Crippen LogP contribution in [0.4, 0.5) is 0 Å². The van der Waals surface area contributed by atoms with E-state index in [0.29, 0.717) is 11.8 Å². The molecular formula is C8H17N3O. The Morgan fingerprint density at radius 1 is 1.67 bits per heavy atom. The molecule has 0 amide bonds. The average molecular weight is 171 g/mol. The van der Waals surface area contributed by atoms with Crippen LogP contribution in [-0.4, -0.2) is 37.7 Å². The third-order valence-corrected chi connectivity index (χ3v) is 2.49. The fourth-order valence-electron chi connectivity index (χ4n) is 1.66. The van der Waals surface area contributed by atoms with Crippen molar-refractivity contribution in [2.24, 2.45) is 17.6 Å². The molecule has 0 aliphatic carbocycles. The van der Waals surface area contributed by atoms with E-state index in [-0.39, 0.29) is 5.96 Å². The van der Waals surface area contributed by atoms with Crippen molar-refractivity contribution in [3.63, 3.8) is 0 Å². The Kier molecular flexibility index (Phi) is 2.92. The van der Waals surface area contributed by atoms with E-state index in [2.05, 4.69) is 6.92 Å². The summed E-state index contributed by atoms with van der Waals surface area (Å²) in [5, 5.41) is 7.27. The lowest BCUT2D eigenvalue weighted by atomic mass is 10.00. The van der Waals surface area contributed by atoms with Crippen molar-refractivity contribution in [2.75, 3.05) is 26.8 Å². The molecule has 0 aromatic heterocycles. The lowest BCUT2D eigenvalue weighted by Gasteiger charge is -2.14. The Morgan fingerprint density at radius 3 is 2.75 bits per heavy atom. The van der Waals surface area contributed by atoms with E-state index >= 15 is 0 Å². The predicted octanol–water partition coefficient (Wildman–Crippen LogP) is 0.0942. The summed E-state index contributed by atoms with van der Waals surface area (Å²) in [5.41, 5.74) is 5.39. The van der Waals surface area contributed by atoms with E-state index in [1.54, 1.807) is 7.11 Å². The van der Waals surface area contributed by atoms with Crippen molar-refractivity contribution < 1.29 is 4.74 Å². The quantitative estimate of drug-likeness (QED) is 0.457. The highest BCUT2D eigenvalue weighted by Crippen LogP contribution is 2.22. The minimum absolute atomic E-state index is 0.181. The van der Waals surface area contributed by atoms with Gasteiger partial charge in [0.15, 0.2) is 5.96 Å². The van der Waals surface area contributed by atoms with Crippen LogP contribution in [0.2, 0.25) is 0 Å². The van der Waals surface area contributed by atoms with Gasteiger partial charge in [-0.05, 0) is 5.92 Å². The molecule has 1 rings (SSSR count). The third-order valence-electron chi connectivity index (χ3n) is 2.49. The SMILES string of the molecule is COC[C@@H]1CN(C(=N)N)C[C@H]1C. The number of ether oxygens (including phenoxy) is 1. The summed E-state index contributed by atoms with van der Waals surface area (Å²) in [6.07, 6.45) is 0. The second-order valence-corrected chi connectivity index (χ2v) is 3.48. The van der Waals surface area contributed by atoms with Crippen LogP contribution in [0.15, 0.2) is 0 Å². The molecule has 1 fully saturated rings. The van der Waals surface area contributed by atoms with Gasteiger partial charge in [-0.1, -0.05) is 6.92 Å². The van der Waals surface area contributed by atoms with Crippen LogP contribution in [0.3, 0.4) is 0 Å². The minimum Gasteiger partial charge on any atom is -0.384 e. The summed E-state index contributed by atoms with van der Waals surface area (Å²) in [5.74, 6) is 1.29. The normalized spacial score (nSPS) is 29.3. The van der Waals surface area contributed by atoms with Crippen molar-refractivity contribution in [3.05, 3.63) is 0 Å². The first-order valence-corrected chi connectivity index (χ1v) is 4.23. The summed E-state index contributed by atoms with van der Waals surface area (Å²) < 4.78 is 5.09. The number of hydrogen-bond acceptors (Lipinski definition) is 2. The average Bonchev–Trinajstić information content (AvgIpc) is 2.34. The Hall–Kier alpha value is -0.770. The van der Waals surface area contributed by atoms with Gasteiger partial charge in [0, 0.05) is 26.1 Å². The monoisotopic (exact) mass is 171 g/mol. The van der Waals surface area contributed by atoms with Gasteiger partial charge in [0.25, 0.3) is 0 Å². The first-order valence-electron chi connectivity index (χ1n) is 4.23. The molecule has 0 radical (unpaired) electrons. The predicted molar refractivity (Wildman–Crippen MR) is 48.0 cm³/mol. The van der Waals surface area contributed by atoms with E-state index < -0.39 is 0 Å². The summed E-state index contributed by atoms with van der Waals surface area (Å²) in [6.45, 7) is 4.70. The number of nitrogens with two attached hydrogens (primary N) is 1. The van der Waals surface area contributed by atoms with Gasteiger partial charge in [-0.3, -0.25) is 5.41 Å². The third kappa shape index (κ3) is 1.88. The van der Waals surface area contributed by atoms with Crippen molar-refractivity contribution in [1.29, 1.82) is 5.41 Å². The topological polar surface area (TPSA) is 62.3 Å². The van der Waals surface area contributed by atoms with Crippen LogP contribution in [0.1, 0.15) is 6.92 Å². The number of hydrogen-bond donors (Lipinski definition) is 2. The van der Waals surface area contributed by atoms with Crippen molar-refractivity contribution >= 4 is 5.96 Å². The van der Waals surface area contributed by atoms with E-state index in [1.807, 2.05) is 4.90 Å². The van der Waals surface area contributed by atoms with Crippen molar-refractivity contribution in [1.82, 2.24) is 4.90 Å². The number of likely N-dealkylation sites (tertiary alicyclic amines) is 1. The fourth-order valence-corrected chi connectivity index (χ4v) is 1.66. The zero-order chi connectivity index (χ0) is 9.14. The molecule has 4 heteroatoms. The van der Waals surface area contributed by atoms with E-state index in [9.17, 15) is 0 Å². The molecule has 0 spiro atoms. The number of nitrogens with zero attached hydrogens (tertiary/aromatic N) is 1. The molecule has 0 aromatic carbocycles. The van der Waals surface area contributed by atoms with Gasteiger partial charge >= 0.3 is 0 Å². The Bertz CT molecular complexity index is 172. The second-order valence-electron chi connectivity index (χ2n) is 3.48. The van der Waals surface area contributed by atoms with Crippen LogP contribution < -0.4 is 5.73 Å². The van der Waals surface area contributed by atoms with Gasteiger partial charge < -0.3 is 15.4 Å². The molecule has 1 aliphatic rings. The van der Waals surface area contributed by atoms with Gasteiger partial charge in [0.05, 0.1) is 6.61 Å². The van der Waals surface area contributed by atoms with Gasteiger partial charge in [-0.2, -0.15) is 0 Å². The molecule has 4 nitrogen and oxygen atoms in total. The molecule has 70 valence electrons. The van der Waals surface area contributed by atoms with Crippen LogP contribution in [0.25, 0.3) is 0 Å². The standard InChI is InChI=1S/C8H17N3O/c1-6-3-11(8(9)10)4-7(6)5-12-2/h6-7H,3-5H2,1-2H3,(H3,9,10)/t6-,7+/m1/s1. The maximum absolute atomic E-state index is 7.27. The molecule has 0 unspecified atom stereocenters. The zero-order valence-corrected chi connectivity index (χ0v) is 7.71. The van der Waals surface area contributed by atoms with Gasteiger partial charge in [0.2, 0.25) is 0 Å². The summed E-state index contributed by atoms with van der Waals surface area (Å²) in [7, 11) is 1.71. The van der Waals surface area contributed by atoms with E-state index in [0.717, 1.165) is 19.7 Å². The molecule has 1 saturated heterocycles. The summed E-state index contributed by atoms with van der Waals surface area (Å²) in [6, 6.07) is 0. The molecule has 12 heavy (non-hydrogen) atoms. The van der Waals surface area contributed by atoms with Gasteiger partial charge in [0.1, 0.15) is 0 Å². The smallest absolute Gasteiger partial charge is 0.188 e. The van der Waals surface area contributed by atoms with Crippen LogP contribution in [0, 0.1) is 17.2 Å². The first kappa shape index (κ1) is 9.32. The van der Waals surface area contributed by atoms with E-state index in [1.165, 1.54) is 0 Å². The van der Waals surface area contributed by atoms with Crippen LogP contribution in [0.5, 0.6) is 0 Å². The molecule has 1 aliphatic heterocycles. The fraction of sp³-hybridized carbons (Fsp3) is 0.875. The highest BCUT2D eigenvalue weighted by Gasteiger charge is 2.29. The summed E-state index contributed by atoms with van der Waals surface area (Å²) in [4.78, 5) is 1.90. The van der Waals surface area contributed by atoms with Gasteiger partial charge in [-0.25, -0.2) is 0 Å². The van der Waals surface area contributed by atoms with Crippen molar-refractivity contribution in [2.45, 2.75) is 6.92 Å². The Labute approximate surface area is 73.2 Å². The maximum atomic E-state index is 7.27. The molecule has 0 bridgehead atoms. The lowest BCUT2D eigenvalue weighted by Crippen LogP contribution is -2.34. The van der Waals surface area contributed by atoms with E-state index in [4.69, 9.17) is 15.9 Å². The molecule has 1 heterocycles. The molecule has 0 saturated carbocycles. The summed E-state index contributed by atoms with van der Waals surface area (Å²) >= 11 is 0. The number of rotatable bonds is 2. The molecule has 0 aromatic rings. The largest absolute Gasteiger partial charge is 0.384 e. The number of guanidine groups is 1. The molecular weight excluding hydrogens is 154 g/mol. The van der Waals surface area contributed by atoms with Crippen LogP contribution in [-0.2, 0) is 4.74 Å². The molecule has 3 N–H and O–H groups in total.